The molecular weight excluding hydrogens is 284 g/mol. The fraction of sp³-hybridized carbons (Fsp3) is 0.381. The van der Waals surface area contributed by atoms with Gasteiger partial charge in [-0.2, -0.15) is 0 Å². The van der Waals surface area contributed by atoms with Gasteiger partial charge in [0.1, 0.15) is 6.61 Å². The lowest BCUT2D eigenvalue weighted by Gasteiger charge is -2.35. The molecule has 0 aromatic heterocycles. The highest BCUT2D eigenvalue weighted by molar-refractivity contribution is 5.92. The first kappa shape index (κ1) is 12.3. The summed E-state index contributed by atoms with van der Waals surface area (Å²) >= 11 is 0. The molecule has 114 valence electrons. The Bertz CT molecular complexity index is 802. The quantitative estimate of drug-likeness (QED) is 0.807. The minimum absolute atomic E-state index is 0.0662. The molecule has 7 rings (SSSR count). The first-order valence-electron chi connectivity index (χ1n) is 8.59. The van der Waals surface area contributed by atoms with Crippen molar-refractivity contribution in [2.24, 2.45) is 29.1 Å². The molecule has 0 radical (unpaired) electrons. The van der Waals surface area contributed by atoms with Gasteiger partial charge in [-0.1, -0.05) is 60.7 Å². The number of rotatable bonds is 4. The van der Waals surface area contributed by atoms with Gasteiger partial charge in [0.05, 0.1) is 5.41 Å². The highest BCUT2D eigenvalue weighted by atomic mass is 16.5. The average Bonchev–Trinajstić information content (AvgIpc) is 3.25. The molecule has 0 aliphatic heterocycles. The molecule has 23 heavy (non-hydrogen) atoms. The Kier molecular flexibility index (Phi) is 1.98. The first-order valence-corrected chi connectivity index (χ1v) is 8.59. The molecule has 2 bridgehead atoms. The third kappa shape index (κ3) is 1.11. The number of hydrogen-bond donors (Lipinski definition) is 0. The van der Waals surface area contributed by atoms with Crippen LogP contribution in [0.25, 0.3) is 0 Å². The Morgan fingerprint density at radius 2 is 1.65 bits per heavy atom. The third-order valence-corrected chi connectivity index (χ3v) is 7.25. The summed E-state index contributed by atoms with van der Waals surface area (Å²) in [5.41, 5.74) is 2.42. The molecule has 5 aliphatic carbocycles. The Hall–Kier alpha value is -2.09. The van der Waals surface area contributed by atoms with Crippen molar-refractivity contribution >= 4 is 5.97 Å². The Morgan fingerprint density at radius 3 is 2.30 bits per heavy atom. The summed E-state index contributed by atoms with van der Waals surface area (Å²) in [4.78, 5) is 13.0. The average molecular weight is 302 g/mol. The molecule has 2 aromatic rings. The number of hydrogen-bond acceptors (Lipinski definition) is 2. The van der Waals surface area contributed by atoms with Crippen molar-refractivity contribution in [3.05, 3.63) is 71.8 Å². The normalized spacial score (nSPS) is 43.3. The van der Waals surface area contributed by atoms with Gasteiger partial charge in [0.15, 0.2) is 0 Å². The second-order valence-corrected chi connectivity index (χ2v) is 7.67. The smallest absolute Gasteiger partial charge is 0.313 e. The van der Waals surface area contributed by atoms with Crippen LogP contribution < -0.4 is 0 Å². The molecule has 6 unspecified atom stereocenters. The van der Waals surface area contributed by atoms with E-state index in [4.69, 9.17) is 4.74 Å². The number of carbonyl (C=O) groups excluding carboxylic acids is 1. The van der Waals surface area contributed by atoms with Crippen molar-refractivity contribution in [1.29, 1.82) is 0 Å². The maximum Gasteiger partial charge on any atom is 0.313 e. The van der Waals surface area contributed by atoms with Crippen LogP contribution in [0.3, 0.4) is 0 Å². The second-order valence-electron chi connectivity index (χ2n) is 7.67. The van der Waals surface area contributed by atoms with Crippen LogP contribution in [0.1, 0.15) is 17.5 Å². The van der Waals surface area contributed by atoms with Gasteiger partial charge in [-0.15, -0.1) is 0 Å². The van der Waals surface area contributed by atoms with E-state index in [2.05, 4.69) is 30.3 Å². The van der Waals surface area contributed by atoms with Gasteiger partial charge in [0.25, 0.3) is 0 Å². The lowest BCUT2D eigenvalue weighted by atomic mass is 9.68. The maximum atomic E-state index is 13.0. The minimum Gasteiger partial charge on any atom is -0.460 e. The summed E-state index contributed by atoms with van der Waals surface area (Å²) in [6.07, 6.45) is 1.24. The topological polar surface area (TPSA) is 26.3 Å². The minimum atomic E-state index is -0.168. The molecule has 0 N–H and O–H groups in total. The zero-order valence-electron chi connectivity index (χ0n) is 12.8. The van der Waals surface area contributed by atoms with Crippen molar-refractivity contribution in [3.8, 4) is 0 Å². The predicted octanol–water partition coefficient (Wildman–Crippen LogP) is 3.56. The molecule has 5 saturated carbocycles. The number of ether oxygens (including phenoxy) is 1. The van der Waals surface area contributed by atoms with Crippen LogP contribution >= 0.6 is 0 Å². The van der Waals surface area contributed by atoms with Gasteiger partial charge in [0.2, 0.25) is 0 Å². The van der Waals surface area contributed by atoms with Gasteiger partial charge in [-0.25, -0.2) is 0 Å². The highest BCUT2D eigenvalue weighted by Crippen LogP contribution is 3.04. The first-order chi connectivity index (χ1) is 11.3. The van der Waals surface area contributed by atoms with Gasteiger partial charge < -0.3 is 4.74 Å². The molecule has 0 amide bonds. The van der Waals surface area contributed by atoms with Crippen LogP contribution in [0.4, 0.5) is 0 Å². The van der Waals surface area contributed by atoms with E-state index in [0.717, 1.165) is 17.4 Å². The molecular formula is C21H18O2. The third-order valence-electron chi connectivity index (χ3n) is 7.25. The van der Waals surface area contributed by atoms with Crippen LogP contribution in [-0.2, 0) is 21.6 Å². The molecule has 2 heteroatoms. The SMILES string of the molecule is O=C(OCc1ccccc1)C12C3CC4C(C31)C42c1ccccc1. The lowest BCUT2D eigenvalue weighted by molar-refractivity contribution is -0.157. The molecule has 0 heterocycles. The summed E-state index contributed by atoms with van der Waals surface area (Å²) in [6, 6.07) is 20.7. The maximum absolute atomic E-state index is 13.0. The summed E-state index contributed by atoms with van der Waals surface area (Å²) in [5, 5.41) is 0. The Labute approximate surface area is 135 Å². The van der Waals surface area contributed by atoms with Crippen molar-refractivity contribution < 1.29 is 9.53 Å². The van der Waals surface area contributed by atoms with E-state index in [9.17, 15) is 4.79 Å². The van der Waals surface area contributed by atoms with Crippen molar-refractivity contribution in [3.63, 3.8) is 0 Å². The van der Waals surface area contributed by atoms with E-state index in [1.807, 2.05) is 30.3 Å². The molecule has 0 spiro atoms. The molecule has 2 nitrogen and oxygen atoms in total. The second kappa shape index (κ2) is 3.69. The van der Waals surface area contributed by atoms with E-state index >= 15 is 0 Å². The number of benzene rings is 2. The lowest BCUT2D eigenvalue weighted by Crippen LogP contribution is -2.42. The molecule has 0 saturated heterocycles. The van der Waals surface area contributed by atoms with Crippen LogP contribution in [0.2, 0.25) is 0 Å². The van der Waals surface area contributed by atoms with Crippen LogP contribution in [0.15, 0.2) is 60.7 Å². The van der Waals surface area contributed by atoms with Gasteiger partial charge in [0, 0.05) is 5.41 Å². The monoisotopic (exact) mass is 302 g/mol. The fourth-order valence-corrected chi connectivity index (χ4v) is 6.71. The summed E-state index contributed by atoms with van der Waals surface area (Å²) in [5.74, 6) is 2.79. The van der Waals surface area contributed by atoms with E-state index in [0.29, 0.717) is 18.4 Å². The molecule has 2 aromatic carbocycles. The summed E-state index contributed by atoms with van der Waals surface area (Å²) < 4.78 is 5.78. The van der Waals surface area contributed by atoms with Gasteiger partial charge >= 0.3 is 5.97 Å². The zero-order valence-corrected chi connectivity index (χ0v) is 12.8. The Morgan fingerprint density at radius 1 is 0.957 bits per heavy atom. The number of esters is 1. The van der Waals surface area contributed by atoms with Crippen LogP contribution in [-0.4, -0.2) is 5.97 Å². The van der Waals surface area contributed by atoms with Gasteiger partial charge in [-0.05, 0) is 41.2 Å². The van der Waals surface area contributed by atoms with Crippen LogP contribution in [0, 0.1) is 29.1 Å². The van der Waals surface area contributed by atoms with E-state index < -0.39 is 0 Å². The molecule has 5 fully saturated rings. The van der Waals surface area contributed by atoms with E-state index in [-0.39, 0.29) is 16.8 Å². The summed E-state index contributed by atoms with van der Waals surface area (Å²) in [6.45, 7) is 0.404. The molecule has 5 aliphatic rings. The number of carbonyl (C=O) groups is 1. The standard InChI is InChI=1S/C21H18O2/c22-19(23-12-13-7-3-1-4-8-13)21-16-11-15-17(18(16)21)20(15,21)14-9-5-2-6-10-14/h1-10,15-18H,11-12H2. The highest BCUT2D eigenvalue weighted by Gasteiger charge is 3.07. The van der Waals surface area contributed by atoms with Gasteiger partial charge in [-0.3, -0.25) is 4.79 Å². The van der Waals surface area contributed by atoms with Crippen molar-refractivity contribution in [1.82, 2.24) is 0 Å². The van der Waals surface area contributed by atoms with Crippen LogP contribution in [0.5, 0.6) is 0 Å². The van der Waals surface area contributed by atoms with Crippen molar-refractivity contribution in [2.75, 3.05) is 0 Å². The van der Waals surface area contributed by atoms with E-state index in [1.54, 1.807) is 0 Å². The molecule has 6 atom stereocenters. The fourth-order valence-electron chi connectivity index (χ4n) is 6.71. The van der Waals surface area contributed by atoms with E-state index in [1.165, 1.54) is 12.0 Å². The summed E-state index contributed by atoms with van der Waals surface area (Å²) in [7, 11) is 0. The van der Waals surface area contributed by atoms with Crippen molar-refractivity contribution in [2.45, 2.75) is 18.4 Å². The Balaban J connectivity index is 1.30. The predicted molar refractivity (Wildman–Crippen MR) is 85.4 cm³/mol. The largest absolute Gasteiger partial charge is 0.460 e. The zero-order chi connectivity index (χ0) is 15.2.